The smallest absolute Gasteiger partial charge is 0.145 e. The summed E-state index contributed by atoms with van der Waals surface area (Å²) >= 11 is 0. The lowest BCUT2D eigenvalue weighted by Crippen LogP contribution is -2.20. The molecule has 1 N–H and O–H groups in total. The van der Waals surface area contributed by atoms with Crippen LogP contribution >= 0.6 is 12.4 Å². The maximum absolute atomic E-state index is 12.1. The maximum atomic E-state index is 12.1. The molecule has 2 atom stereocenters. The quantitative estimate of drug-likeness (QED) is 0.853. The van der Waals surface area contributed by atoms with Crippen LogP contribution in [0.2, 0.25) is 0 Å². The predicted molar refractivity (Wildman–Crippen MR) is 63.9 cm³/mol. The van der Waals surface area contributed by atoms with Gasteiger partial charge in [-0.15, -0.1) is 12.4 Å². The van der Waals surface area contributed by atoms with Crippen molar-refractivity contribution < 1.29 is 4.21 Å². The molecule has 2 rings (SSSR count). The zero-order chi connectivity index (χ0) is 10.7. The number of rotatable bonds is 2. The summed E-state index contributed by atoms with van der Waals surface area (Å²) in [5.41, 5.74) is 0.419. The largest absolute Gasteiger partial charge is 0.315 e. The molecule has 1 unspecified atom stereocenters. The highest BCUT2D eigenvalue weighted by Crippen LogP contribution is 2.16. The number of pyridine rings is 1. The van der Waals surface area contributed by atoms with Gasteiger partial charge in [-0.25, -0.2) is 4.98 Å². The molecule has 0 radical (unpaired) electrons. The summed E-state index contributed by atoms with van der Waals surface area (Å²) in [5.74, 6) is 0. The first kappa shape index (κ1) is 13.1. The molecule has 86 valence electrons. The molecule has 0 bridgehead atoms. The molecule has 16 heavy (non-hydrogen) atoms. The van der Waals surface area contributed by atoms with E-state index in [0.29, 0.717) is 10.6 Å². The third kappa shape index (κ3) is 2.59. The Labute approximate surface area is 103 Å². The van der Waals surface area contributed by atoms with Crippen molar-refractivity contribution in [2.24, 2.45) is 0 Å². The molecule has 0 aliphatic carbocycles. The normalized spacial score (nSPS) is 20.8. The fraction of sp³-hybridized carbons (Fsp3) is 0.400. The number of hydrogen-bond acceptors (Lipinski definition) is 4. The second-order valence-corrected chi connectivity index (χ2v) is 5.03. The molecule has 4 nitrogen and oxygen atoms in total. The van der Waals surface area contributed by atoms with E-state index in [1.54, 1.807) is 18.3 Å². The SMILES string of the molecule is Cl.N#Cc1cccnc1S(=O)[C@@H]1CCNC1. The van der Waals surface area contributed by atoms with Crippen LogP contribution in [0.15, 0.2) is 23.4 Å². The van der Waals surface area contributed by atoms with Gasteiger partial charge >= 0.3 is 0 Å². The Balaban J connectivity index is 0.00000128. The molecule has 2 heterocycles. The van der Waals surface area contributed by atoms with Crippen molar-refractivity contribution in [1.82, 2.24) is 10.3 Å². The Bertz CT molecular complexity index is 426. The van der Waals surface area contributed by atoms with E-state index in [2.05, 4.69) is 10.3 Å². The Morgan fingerprint density at radius 2 is 2.44 bits per heavy atom. The van der Waals surface area contributed by atoms with Crippen LogP contribution in [-0.4, -0.2) is 27.5 Å². The van der Waals surface area contributed by atoms with Gasteiger partial charge in [0.2, 0.25) is 0 Å². The maximum Gasteiger partial charge on any atom is 0.145 e. The molecule has 1 fully saturated rings. The zero-order valence-electron chi connectivity index (χ0n) is 8.55. The van der Waals surface area contributed by atoms with E-state index in [9.17, 15) is 4.21 Å². The monoisotopic (exact) mass is 257 g/mol. The Morgan fingerprint density at radius 3 is 3.06 bits per heavy atom. The van der Waals surface area contributed by atoms with Gasteiger partial charge in [0.25, 0.3) is 0 Å². The fourth-order valence-corrected chi connectivity index (χ4v) is 3.02. The van der Waals surface area contributed by atoms with Crippen LogP contribution in [0.5, 0.6) is 0 Å². The van der Waals surface area contributed by atoms with Gasteiger partial charge in [-0.2, -0.15) is 5.26 Å². The molecule has 0 saturated carbocycles. The zero-order valence-corrected chi connectivity index (χ0v) is 10.2. The first-order valence-corrected chi connectivity index (χ1v) is 6.00. The molecule has 6 heteroatoms. The number of hydrogen-bond donors (Lipinski definition) is 1. The first-order chi connectivity index (χ1) is 7.33. The van der Waals surface area contributed by atoms with Crippen molar-refractivity contribution in [2.75, 3.05) is 13.1 Å². The topological polar surface area (TPSA) is 65.8 Å². The second kappa shape index (κ2) is 5.94. The molecule has 0 aromatic carbocycles. The molecule has 0 amide bonds. The first-order valence-electron chi connectivity index (χ1n) is 4.79. The summed E-state index contributed by atoms with van der Waals surface area (Å²) in [6.07, 6.45) is 2.46. The van der Waals surface area contributed by atoms with E-state index in [4.69, 9.17) is 5.26 Å². The van der Waals surface area contributed by atoms with Gasteiger partial charge in [0.1, 0.15) is 11.1 Å². The molecule has 1 aliphatic rings. The third-order valence-electron chi connectivity index (χ3n) is 2.40. The molecule has 0 spiro atoms. The Morgan fingerprint density at radius 1 is 1.62 bits per heavy atom. The van der Waals surface area contributed by atoms with Gasteiger partial charge in [0.15, 0.2) is 0 Å². The lowest BCUT2D eigenvalue weighted by atomic mass is 10.3. The van der Waals surface area contributed by atoms with Gasteiger partial charge in [0, 0.05) is 12.7 Å². The number of halogens is 1. The Hall–Kier alpha value is -0.960. The summed E-state index contributed by atoms with van der Waals surface area (Å²) in [4.78, 5) is 4.04. The lowest BCUT2D eigenvalue weighted by Gasteiger charge is -2.08. The van der Waals surface area contributed by atoms with Crippen LogP contribution < -0.4 is 5.32 Å². The molecule has 1 aliphatic heterocycles. The van der Waals surface area contributed by atoms with Crippen LogP contribution in [0.1, 0.15) is 12.0 Å². The average Bonchev–Trinajstić information content (AvgIpc) is 2.81. The highest BCUT2D eigenvalue weighted by Gasteiger charge is 2.24. The van der Waals surface area contributed by atoms with Crippen molar-refractivity contribution in [2.45, 2.75) is 16.7 Å². The highest BCUT2D eigenvalue weighted by atomic mass is 35.5. The summed E-state index contributed by atoms with van der Waals surface area (Å²) in [6, 6.07) is 5.37. The fourth-order valence-electron chi connectivity index (χ4n) is 1.60. The van der Waals surface area contributed by atoms with Crippen molar-refractivity contribution >= 4 is 23.2 Å². The summed E-state index contributed by atoms with van der Waals surface area (Å²) < 4.78 is 12.1. The van der Waals surface area contributed by atoms with Gasteiger partial charge in [0.05, 0.1) is 21.6 Å². The molecule has 1 saturated heterocycles. The van der Waals surface area contributed by atoms with Crippen LogP contribution in [0, 0.1) is 11.3 Å². The van der Waals surface area contributed by atoms with Crippen molar-refractivity contribution in [3.63, 3.8) is 0 Å². The third-order valence-corrected chi connectivity index (χ3v) is 4.11. The van der Waals surface area contributed by atoms with Crippen LogP contribution in [-0.2, 0) is 10.8 Å². The van der Waals surface area contributed by atoms with Crippen LogP contribution in [0.4, 0.5) is 0 Å². The van der Waals surface area contributed by atoms with E-state index in [-0.39, 0.29) is 17.7 Å². The van der Waals surface area contributed by atoms with Gasteiger partial charge < -0.3 is 5.32 Å². The molecule has 1 aromatic heterocycles. The van der Waals surface area contributed by atoms with Gasteiger partial charge in [-0.1, -0.05) is 0 Å². The number of nitrogens with one attached hydrogen (secondary N) is 1. The lowest BCUT2D eigenvalue weighted by molar-refractivity contribution is 0.669. The molecule has 1 aromatic rings. The number of aromatic nitrogens is 1. The van der Waals surface area contributed by atoms with E-state index >= 15 is 0 Å². The van der Waals surface area contributed by atoms with Crippen LogP contribution in [0.3, 0.4) is 0 Å². The van der Waals surface area contributed by atoms with E-state index in [0.717, 1.165) is 19.5 Å². The minimum Gasteiger partial charge on any atom is -0.315 e. The standard InChI is InChI=1S/C10H11N3OS.ClH/c11-6-8-2-1-4-13-10(8)15(14)9-3-5-12-7-9;/h1-2,4,9,12H,3,5,7H2;1H/t9-,15?;/m1./s1. The number of nitrogens with zero attached hydrogens (tertiary/aromatic N) is 2. The van der Waals surface area contributed by atoms with Gasteiger partial charge in [-0.05, 0) is 25.1 Å². The van der Waals surface area contributed by atoms with Crippen molar-refractivity contribution in [3.05, 3.63) is 23.9 Å². The average molecular weight is 258 g/mol. The van der Waals surface area contributed by atoms with E-state index in [1.165, 1.54) is 0 Å². The van der Waals surface area contributed by atoms with Crippen molar-refractivity contribution in [3.8, 4) is 6.07 Å². The minimum atomic E-state index is -1.17. The van der Waals surface area contributed by atoms with Crippen LogP contribution in [0.25, 0.3) is 0 Å². The summed E-state index contributed by atoms with van der Waals surface area (Å²) in [6.45, 7) is 1.64. The van der Waals surface area contributed by atoms with Gasteiger partial charge in [-0.3, -0.25) is 4.21 Å². The Kier molecular flexibility index (Phi) is 4.87. The van der Waals surface area contributed by atoms with Crippen molar-refractivity contribution in [1.29, 1.82) is 5.26 Å². The highest BCUT2D eigenvalue weighted by molar-refractivity contribution is 7.85. The summed E-state index contributed by atoms with van der Waals surface area (Å²) in [7, 11) is -1.17. The minimum absolute atomic E-state index is 0. The van der Waals surface area contributed by atoms with E-state index < -0.39 is 10.8 Å². The molecular formula is C10H12ClN3OS. The number of nitriles is 1. The van der Waals surface area contributed by atoms with E-state index in [1.807, 2.05) is 6.07 Å². The predicted octanol–water partition coefficient (Wildman–Crippen LogP) is 0.845. The second-order valence-electron chi connectivity index (χ2n) is 3.38. The molecular weight excluding hydrogens is 246 g/mol. The summed E-state index contributed by atoms with van der Waals surface area (Å²) in [5, 5.41) is 12.5.